The third-order valence-electron chi connectivity index (χ3n) is 3.32. The molecular weight excluding hydrogens is 318 g/mol. The van der Waals surface area contributed by atoms with Crippen molar-refractivity contribution in [3.8, 4) is 0 Å². The summed E-state index contributed by atoms with van der Waals surface area (Å²) in [6, 6.07) is 7.01. The van der Waals surface area contributed by atoms with Gasteiger partial charge in [0.05, 0.1) is 13.0 Å². The van der Waals surface area contributed by atoms with Gasteiger partial charge in [0, 0.05) is 12.1 Å². The minimum atomic E-state index is -0.557. The number of nitrogens with one attached hydrogen (secondary N) is 1. The van der Waals surface area contributed by atoms with E-state index in [0.717, 1.165) is 5.56 Å². The third-order valence-corrected chi connectivity index (χ3v) is 3.58. The highest BCUT2D eigenvalue weighted by Gasteiger charge is 2.22. The average Bonchev–Trinajstić information content (AvgIpc) is 2.78. The minimum Gasteiger partial charge on any atom is -0.461 e. The number of carbonyl (C=O) groups excluding carboxylic acids is 2. The fourth-order valence-electron chi connectivity index (χ4n) is 2.06. The zero-order valence-electron chi connectivity index (χ0n) is 13.2. The van der Waals surface area contributed by atoms with Gasteiger partial charge in [-0.3, -0.25) is 4.79 Å². The highest BCUT2D eigenvalue weighted by molar-refractivity contribution is 6.30. The van der Waals surface area contributed by atoms with Crippen molar-refractivity contribution in [1.29, 1.82) is 0 Å². The van der Waals surface area contributed by atoms with E-state index in [0.29, 0.717) is 16.7 Å². The van der Waals surface area contributed by atoms with Gasteiger partial charge >= 0.3 is 5.97 Å². The smallest absolute Gasteiger partial charge is 0.360 e. The van der Waals surface area contributed by atoms with Crippen molar-refractivity contribution < 1.29 is 14.3 Å². The van der Waals surface area contributed by atoms with E-state index in [1.807, 2.05) is 0 Å². The normalized spacial score (nSPS) is 10.4. The average molecular weight is 336 g/mol. The molecule has 1 heterocycles. The summed E-state index contributed by atoms with van der Waals surface area (Å²) in [6.07, 6.45) is 0.170. The predicted molar refractivity (Wildman–Crippen MR) is 87.7 cm³/mol. The number of anilines is 1. The first-order valence-electron chi connectivity index (χ1n) is 7.17. The lowest BCUT2D eigenvalue weighted by atomic mass is 10.1. The zero-order chi connectivity index (χ0) is 17.0. The molecule has 0 saturated carbocycles. The fourth-order valence-corrected chi connectivity index (χ4v) is 2.19. The Hall–Kier alpha value is -2.34. The Morgan fingerprint density at radius 1 is 1.30 bits per heavy atom. The molecule has 1 aromatic carbocycles. The molecule has 1 amide bonds. The molecule has 1 N–H and O–H groups in total. The number of rotatable bonds is 5. The van der Waals surface area contributed by atoms with Crippen LogP contribution >= 0.6 is 11.6 Å². The summed E-state index contributed by atoms with van der Waals surface area (Å²) >= 11 is 5.82. The molecular formula is C16H18ClN3O3. The Kier molecular flexibility index (Phi) is 5.39. The molecule has 122 valence electrons. The molecule has 2 rings (SSSR count). The van der Waals surface area contributed by atoms with Crippen molar-refractivity contribution in [3.05, 3.63) is 46.4 Å². The van der Waals surface area contributed by atoms with Crippen LogP contribution in [0.3, 0.4) is 0 Å². The first kappa shape index (κ1) is 17.0. The lowest BCUT2D eigenvalue weighted by Crippen LogP contribution is -2.19. The first-order chi connectivity index (χ1) is 10.9. The van der Waals surface area contributed by atoms with Crippen LogP contribution < -0.4 is 5.32 Å². The molecule has 0 bridgehead atoms. The molecule has 0 atom stereocenters. The van der Waals surface area contributed by atoms with Crippen molar-refractivity contribution in [2.24, 2.45) is 7.05 Å². The topological polar surface area (TPSA) is 73.2 Å². The zero-order valence-corrected chi connectivity index (χ0v) is 14.0. The van der Waals surface area contributed by atoms with Crippen LogP contribution in [0.2, 0.25) is 5.02 Å². The van der Waals surface area contributed by atoms with E-state index in [1.165, 1.54) is 0 Å². The first-order valence-corrected chi connectivity index (χ1v) is 7.55. The Balaban J connectivity index is 2.16. The number of benzene rings is 1. The van der Waals surface area contributed by atoms with Gasteiger partial charge in [-0.2, -0.15) is 0 Å². The summed E-state index contributed by atoms with van der Waals surface area (Å²) < 4.78 is 6.61. The number of nitrogens with zero attached hydrogens (tertiary/aromatic N) is 2. The minimum absolute atomic E-state index is 0.108. The molecule has 7 heteroatoms. The number of hydrogen-bond donors (Lipinski definition) is 1. The maximum Gasteiger partial charge on any atom is 0.360 e. The van der Waals surface area contributed by atoms with Gasteiger partial charge in [-0.15, -0.1) is 0 Å². The predicted octanol–water partition coefficient (Wildman–Crippen LogP) is 2.74. The molecule has 0 aliphatic heterocycles. The summed E-state index contributed by atoms with van der Waals surface area (Å²) in [5, 5.41) is 3.34. The number of esters is 1. The SMILES string of the molecule is CCOC(=O)c1nc(C)n(C)c1NC(=O)Cc1ccc(Cl)cc1. The molecule has 23 heavy (non-hydrogen) atoms. The fraction of sp³-hybridized carbons (Fsp3) is 0.312. The monoisotopic (exact) mass is 335 g/mol. The van der Waals surface area contributed by atoms with Crippen LogP contribution in [0.4, 0.5) is 5.82 Å². The molecule has 0 spiro atoms. The molecule has 0 aliphatic carbocycles. The Labute approximate surface area is 139 Å². The number of halogens is 1. The molecule has 0 fully saturated rings. The van der Waals surface area contributed by atoms with Gasteiger partial charge in [0.2, 0.25) is 5.91 Å². The summed E-state index contributed by atoms with van der Waals surface area (Å²) in [7, 11) is 1.73. The number of carbonyl (C=O) groups is 2. The van der Waals surface area contributed by atoms with E-state index >= 15 is 0 Å². The van der Waals surface area contributed by atoms with Gasteiger partial charge in [-0.25, -0.2) is 9.78 Å². The van der Waals surface area contributed by atoms with Gasteiger partial charge in [0.25, 0.3) is 0 Å². The highest BCUT2D eigenvalue weighted by atomic mass is 35.5. The van der Waals surface area contributed by atoms with Gasteiger partial charge < -0.3 is 14.6 Å². The van der Waals surface area contributed by atoms with Crippen LogP contribution in [0.15, 0.2) is 24.3 Å². The van der Waals surface area contributed by atoms with Crippen LogP contribution in [-0.4, -0.2) is 28.0 Å². The van der Waals surface area contributed by atoms with Gasteiger partial charge in [0.1, 0.15) is 11.6 Å². The highest BCUT2D eigenvalue weighted by Crippen LogP contribution is 2.18. The largest absolute Gasteiger partial charge is 0.461 e. The summed E-state index contributed by atoms with van der Waals surface area (Å²) in [5.74, 6) is 0.133. The second-order valence-electron chi connectivity index (χ2n) is 4.99. The molecule has 0 saturated heterocycles. The van der Waals surface area contributed by atoms with E-state index < -0.39 is 5.97 Å². The van der Waals surface area contributed by atoms with Gasteiger partial charge in [-0.1, -0.05) is 23.7 Å². The summed E-state index contributed by atoms with van der Waals surface area (Å²) in [5.41, 5.74) is 0.930. The lowest BCUT2D eigenvalue weighted by molar-refractivity contribution is -0.115. The lowest BCUT2D eigenvalue weighted by Gasteiger charge is -2.09. The van der Waals surface area contributed by atoms with Crippen molar-refractivity contribution >= 4 is 29.3 Å². The second kappa shape index (κ2) is 7.28. The van der Waals surface area contributed by atoms with E-state index in [-0.39, 0.29) is 24.6 Å². The van der Waals surface area contributed by atoms with Crippen molar-refractivity contribution in [2.75, 3.05) is 11.9 Å². The van der Waals surface area contributed by atoms with Crippen molar-refractivity contribution in [1.82, 2.24) is 9.55 Å². The van der Waals surface area contributed by atoms with Crippen LogP contribution in [0.1, 0.15) is 28.8 Å². The number of hydrogen-bond acceptors (Lipinski definition) is 4. The summed E-state index contributed by atoms with van der Waals surface area (Å²) in [4.78, 5) is 28.3. The van der Waals surface area contributed by atoms with E-state index in [2.05, 4.69) is 10.3 Å². The molecule has 6 nitrogen and oxygen atoms in total. The maximum absolute atomic E-state index is 12.2. The second-order valence-corrected chi connectivity index (χ2v) is 5.42. The Bertz CT molecular complexity index is 723. The van der Waals surface area contributed by atoms with Crippen molar-refractivity contribution in [2.45, 2.75) is 20.3 Å². The quantitative estimate of drug-likeness (QED) is 0.853. The van der Waals surface area contributed by atoms with Gasteiger partial charge in [0.15, 0.2) is 5.69 Å². The Morgan fingerprint density at radius 3 is 2.57 bits per heavy atom. The number of aryl methyl sites for hydroxylation is 1. The molecule has 0 unspecified atom stereocenters. The number of aromatic nitrogens is 2. The van der Waals surface area contributed by atoms with Crippen LogP contribution in [0.25, 0.3) is 0 Å². The third kappa shape index (κ3) is 4.10. The maximum atomic E-state index is 12.2. The van der Waals surface area contributed by atoms with Crippen LogP contribution in [0, 0.1) is 6.92 Å². The Morgan fingerprint density at radius 2 is 1.96 bits per heavy atom. The van der Waals surface area contributed by atoms with Gasteiger partial charge in [-0.05, 0) is 31.5 Å². The molecule has 1 aromatic heterocycles. The number of amides is 1. The molecule has 0 aliphatic rings. The standard InChI is InChI=1S/C16H18ClN3O3/c1-4-23-16(22)14-15(20(3)10(2)18-14)19-13(21)9-11-5-7-12(17)8-6-11/h5-8H,4,9H2,1-3H3,(H,19,21). The van der Waals surface area contributed by atoms with Crippen LogP contribution in [-0.2, 0) is 23.0 Å². The molecule has 2 aromatic rings. The number of imidazole rings is 1. The molecule has 0 radical (unpaired) electrons. The van der Waals surface area contributed by atoms with E-state index in [1.54, 1.807) is 49.7 Å². The van der Waals surface area contributed by atoms with Crippen molar-refractivity contribution in [3.63, 3.8) is 0 Å². The van der Waals surface area contributed by atoms with Crippen LogP contribution in [0.5, 0.6) is 0 Å². The van der Waals surface area contributed by atoms with E-state index in [9.17, 15) is 9.59 Å². The summed E-state index contributed by atoms with van der Waals surface area (Å²) in [6.45, 7) is 3.71. The number of ether oxygens (including phenoxy) is 1. The van der Waals surface area contributed by atoms with E-state index in [4.69, 9.17) is 16.3 Å².